The molecule has 0 radical (unpaired) electrons. The molecule has 6 heteroatoms. The molecule has 1 aliphatic heterocycles. The van der Waals surface area contributed by atoms with E-state index in [0.29, 0.717) is 32.8 Å². The highest BCUT2D eigenvalue weighted by Gasteiger charge is 2.24. The van der Waals surface area contributed by atoms with E-state index < -0.39 is 0 Å². The van der Waals surface area contributed by atoms with E-state index in [4.69, 9.17) is 10.5 Å². The maximum atomic E-state index is 12.3. The van der Waals surface area contributed by atoms with Crippen molar-refractivity contribution in [1.82, 2.24) is 14.5 Å². The third-order valence-corrected chi connectivity index (χ3v) is 3.24. The lowest BCUT2D eigenvalue weighted by Gasteiger charge is -2.30. The van der Waals surface area contributed by atoms with Crippen LogP contribution in [0.15, 0.2) is 12.5 Å². The van der Waals surface area contributed by atoms with Gasteiger partial charge in [0.1, 0.15) is 6.04 Å². The molecule has 0 saturated carbocycles. The smallest absolute Gasteiger partial charge is 0.245 e. The average Bonchev–Trinajstić information content (AvgIpc) is 2.87. The van der Waals surface area contributed by atoms with Crippen LogP contribution in [0.5, 0.6) is 0 Å². The van der Waals surface area contributed by atoms with Crippen molar-refractivity contribution < 1.29 is 9.53 Å². The zero-order valence-corrected chi connectivity index (χ0v) is 10.7. The monoisotopic (exact) mass is 252 g/mol. The first-order chi connectivity index (χ1) is 8.74. The summed E-state index contributed by atoms with van der Waals surface area (Å²) in [6, 6.07) is -0.229. The van der Waals surface area contributed by atoms with Crippen molar-refractivity contribution in [2.24, 2.45) is 5.73 Å². The number of ether oxygens (including phenoxy) is 1. The molecule has 1 aromatic rings. The van der Waals surface area contributed by atoms with Crippen LogP contribution in [0, 0.1) is 0 Å². The minimum absolute atomic E-state index is 0.120. The summed E-state index contributed by atoms with van der Waals surface area (Å²) in [6.07, 6.45) is 4.21. The largest absolute Gasteiger partial charge is 0.378 e. The Morgan fingerprint density at radius 1 is 1.56 bits per heavy atom. The van der Waals surface area contributed by atoms with Crippen molar-refractivity contribution in [3.63, 3.8) is 0 Å². The van der Waals surface area contributed by atoms with E-state index in [0.717, 1.165) is 12.1 Å². The molecule has 2 N–H and O–H groups in total. The molecule has 6 nitrogen and oxygen atoms in total. The molecule has 1 fully saturated rings. The van der Waals surface area contributed by atoms with E-state index in [-0.39, 0.29) is 11.9 Å². The summed E-state index contributed by atoms with van der Waals surface area (Å²) in [5, 5.41) is 0. The number of imidazole rings is 1. The van der Waals surface area contributed by atoms with Gasteiger partial charge in [-0.15, -0.1) is 0 Å². The van der Waals surface area contributed by atoms with Crippen LogP contribution < -0.4 is 5.73 Å². The molecular formula is C12H20N4O2. The third kappa shape index (κ3) is 2.70. The third-order valence-electron chi connectivity index (χ3n) is 3.24. The molecule has 0 spiro atoms. The van der Waals surface area contributed by atoms with Crippen molar-refractivity contribution >= 4 is 5.91 Å². The van der Waals surface area contributed by atoms with Gasteiger partial charge in [-0.1, -0.05) is 0 Å². The quantitative estimate of drug-likeness (QED) is 0.805. The van der Waals surface area contributed by atoms with Gasteiger partial charge in [0.05, 0.1) is 19.5 Å². The summed E-state index contributed by atoms with van der Waals surface area (Å²) in [6.45, 7) is 5.05. The van der Waals surface area contributed by atoms with Gasteiger partial charge in [-0.3, -0.25) is 4.79 Å². The van der Waals surface area contributed by atoms with Gasteiger partial charge in [0, 0.05) is 31.4 Å². The second-order valence-corrected chi connectivity index (χ2v) is 4.44. The number of nitrogens with zero attached hydrogens (tertiary/aromatic N) is 3. The van der Waals surface area contributed by atoms with Crippen molar-refractivity contribution in [3.8, 4) is 0 Å². The predicted octanol–water partition coefficient (Wildman–Crippen LogP) is -0.196. The van der Waals surface area contributed by atoms with Crippen molar-refractivity contribution in [2.45, 2.75) is 19.4 Å². The van der Waals surface area contributed by atoms with Crippen LogP contribution >= 0.6 is 0 Å². The Balaban J connectivity index is 2.07. The SMILES string of the molecule is CC(C(=O)N1CCOCC1)n1cncc1CCN. The Hall–Kier alpha value is -1.40. The lowest BCUT2D eigenvalue weighted by Crippen LogP contribution is -2.43. The van der Waals surface area contributed by atoms with Crippen LogP contribution in [0.25, 0.3) is 0 Å². The van der Waals surface area contributed by atoms with Crippen LogP contribution in [-0.4, -0.2) is 53.2 Å². The normalized spacial score (nSPS) is 17.8. The van der Waals surface area contributed by atoms with Gasteiger partial charge in [0.15, 0.2) is 0 Å². The van der Waals surface area contributed by atoms with Crippen LogP contribution in [0.3, 0.4) is 0 Å². The molecule has 100 valence electrons. The van der Waals surface area contributed by atoms with Gasteiger partial charge in [0.25, 0.3) is 0 Å². The number of rotatable bonds is 4. The Labute approximate surface area is 107 Å². The second-order valence-electron chi connectivity index (χ2n) is 4.44. The standard InChI is InChI=1S/C12H20N4O2/c1-10(12(17)15-4-6-18-7-5-15)16-9-14-8-11(16)2-3-13/h8-10H,2-7,13H2,1H3. The Kier molecular flexibility index (Phi) is 4.33. The molecule has 0 bridgehead atoms. The number of carbonyl (C=O) groups excluding carboxylic acids is 1. The van der Waals surface area contributed by atoms with Gasteiger partial charge in [-0.05, 0) is 13.5 Å². The maximum Gasteiger partial charge on any atom is 0.245 e. The number of hydrogen-bond donors (Lipinski definition) is 1. The van der Waals surface area contributed by atoms with Crippen LogP contribution in [0.4, 0.5) is 0 Å². The molecule has 1 unspecified atom stereocenters. The Bertz CT molecular complexity index is 399. The molecule has 2 rings (SSSR count). The molecule has 0 aromatic carbocycles. The van der Waals surface area contributed by atoms with Gasteiger partial charge < -0.3 is 19.9 Å². The van der Waals surface area contributed by atoms with Crippen molar-refractivity contribution in [1.29, 1.82) is 0 Å². The molecule has 1 saturated heterocycles. The van der Waals surface area contributed by atoms with E-state index in [2.05, 4.69) is 4.98 Å². The summed E-state index contributed by atoms with van der Waals surface area (Å²) in [5.41, 5.74) is 6.56. The summed E-state index contributed by atoms with van der Waals surface area (Å²) in [4.78, 5) is 18.3. The lowest BCUT2D eigenvalue weighted by atomic mass is 10.2. The van der Waals surface area contributed by atoms with Crippen LogP contribution in [0.2, 0.25) is 0 Å². The second kappa shape index (κ2) is 5.97. The van der Waals surface area contributed by atoms with E-state index in [9.17, 15) is 4.79 Å². The van der Waals surface area contributed by atoms with Crippen LogP contribution in [-0.2, 0) is 16.0 Å². The maximum absolute atomic E-state index is 12.3. The lowest BCUT2D eigenvalue weighted by molar-refractivity contribution is -0.138. The van der Waals surface area contributed by atoms with E-state index in [1.807, 2.05) is 16.4 Å². The van der Waals surface area contributed by atoms with E-state index >= 15 is 0 Å². The highest BCUT2D eigenvalue weighted by molar-refractivity contribution is 5.80. The molecule has 2 heterocycles. The van der Waals surface area contributed by atoms with Crippen molar-refractivity contribution in [3.05, 3.63) is 18.2 Å². The zero-order chi connectivity index (χ0) is 13.0. The average molecular weight is 252 g/mol. The number of carbonyl (C=O) groups is 1. The topological polar surface area (TPSA) is 73.4 Å². The first-order valence-corrected chi connectivity index (χ1v) is 6.31. The van der Waals surface area contributed by atoms with Crippen LogP contribution in [0.1, 0.15) is 18.7 Å². The number of morpholine rings is 1. The van der Waals surface area contributed by atoms with Crippen molar-refractivity contribution in [2.75, 3.05) is 32.8 Å². The van der Waals surface area contributed by atoms with Gasteiger partial charge in [-0.25, -0.2) is 4.98 Å². The molecule has 1 aromatic heterocycles. The minimum Gasteiger partial charge on any atom is -0.378 e. The summed E-state index contributed by atoms with van der Waals surface area (Å²) in [7, 11) is 0. The molecule has 1 amide bonds. The number of aromatic nitrogens is 2. The molecular weight excluding hydrogens is 232 g/mol. The van der Waals surface area contributed by atoms with E-state index in [1.165, 1.54) is 0 Å². The first kappa shape index (κ1) is 13.0. The molecule has 18 heavy (non-hydrogen) atoms. The molecule has 1 atom stereocenters. The minimum atomic E-state index is -0.229. The molecule has 1 aliphatic rings. The fraction of sp³-hybridized carbons (Fsp3) is 0.667. The summed E-state index contributed by atoms with van der Waals surface area (Å²) < 4.78 is 7.16. The van der Waals surface area contributed by atoms with E-state index in [1.54, 1.807) is 12.5 Å². The number of amides is 1. The number of hydrogen-bond acceptors (Lipinski definition) is 4. The Morgan fingerprint density at radius 3 is 2.94 bits per heavy atom. The predicted molar refractivity (Wildman–Crippen MR) is 67.1 cm³/mol. The Morgan fingerprint density at radius 2 is 2.28 bits per heavy atom. The van der Waals surface area contributed by atoms with Gasteiger partial charge in [-0.2, -0.15) is 0 Å². The fourth-order valence-corrected chi connectivity index (χ4v) is 2.19. The molecule has 0 aliphatic carbocycles. The number of nitrogens with two attached hydrogens (primary N) is 1. The summed E-state index contributed by atoms with van der Waals surface area (Å²) >= 11 is 0. The van der Waals surface area contributed by atoms with Gasteiger partial charge in [0.2, 0.25) is 5.91 Å². The zero-order valence-electron chi connectivity index (χ0n) is 10.7. The first-order valence-electron chi connectivity index (χ1n) is 6.31. The highest BCUT2D eigenvalue weighted by atomic mass is 16.5. The summed E-state index contributed by atoms with van der Waals surface area (Å²) in [5.74, 6) is 0.120. The van der Waals surface area contributed by atoms with Gasteiger partial charge >= 0.3 is 0 Å². The highest BCUT2D eigenvalue weighted by Crippen LogP contribution is 2.14. The fourth-order valence-electron chi connectivity index (χ4n) is 2.19.